The molecule has 1 aromatic heterocycles. The van der Waals surface area contributed by atoms with Crippen molar-refractivity contribution in [1.82, 2.24) is 20.0 Å². The van der Waals surface area contributed by atoms with E-state index >= 15 is 0 Å². The summed E-state index contributed by atoms with van der Waals surface area (Å²) < 4.78 is 18.3. The number of hydrogen-bond acceptors (Lipinski definition) is 7. The van der Waals surface area contributed by atoms with Crippen molar-refractivity contribution in [3.8, 4) is 0 Å². The van der Waals surface area contributed by atoms with Gasteiger partial charge in [0.25, 0.3) is 11.8 Å². The van der Waals surface area contributed by atoms with Crippen LogP contribution in [0.25, 0.3) is 0 Å². The van der Waals surface area contributed by atoms with Gasteiger partial charge in [0.1, 0.15) is 0 Å². The Bertz CT molecular complexity index is 1160. The molecule has 10 nitrogen and oxygen atoms in total. The predicted octanol–water partition coefficient (Wildman–Crippen LogP) is 2.25. The van der Waals surface area contributed by atoms with Gasteiger partial charge in [-0.3, -0.25) is 14.3 Å². The number of rotatable bonds is 7. The molecule has 0 bridgehead atoms. The van der Waals surface area contributed by atoms with Gasteiger partial charge >= 0.3 is 5.97 Å². The smallest absolute Gasteiger partial charge is 0.338 e. The summed E-state index contributed by atoms with van der Waals surface area (Å²) >= 11 is 0. The van der Waals surface area contributed by atoms with Crippen molar-refractivity contribution in [1.29, 1.82) is 0 Å². The molecule has 1 N–H and O–H groups in total. The summed E-state index contributed by atoms with van der Waals surface area (Å²) in [6, 6.07) is 6.58. The summed E-state index contributed by atoms with van der Waals surface area (Å²) in [6.45, 7) is 7.09. The first kappa shape index (κ1) is 26.4. The first-order valence-electron chi connectivity index (χ1n) is 13.6. The van der Waals surface area contributed by atoms with Crippen LogP contribution >= 0.6 is 0 Å². The highest BCUT2D eigenvalue weighted by molar-refractivity contribution is 5.97. The quantitative estimate of drug-likeness (QED) is 0.437. The van der Waals surface area contributed by atoms with Crippen molar-refractivity contribution in [2.24, 2.45) is 5.41 Å². The fourth-order valence-corrected chi connectivity index (χ4v) is 5.52. The van der Waals surface area contributed by atoms with Gasteiger partial charge in [-0.2, -0.15) is 5.10 Å². The lowest BCUT2D eigenvalue weighted by molar-refractivity contribution is 0.0152. The molecule has 0 unspecified atom stereocenters. The number of hydrogen-bond donors (Lipinski definition) is 1. The largest absolute Gasteiger partial charge is 0.462 e. The minimum absolute atomic E-state index is 0.0102. The Balaban J connectivity index is 1.18. The predicted molar refractivity (Wildman–Crippen MR) is 138 cm³/mol. The number of morpholine rings is 1. The molecule has 0 aliphatic carbocycles. The number of ether oxygens (including phenoxy) is 3. The summed E-state index contributed by atoms with van der Waals surface area (Å²) in [5.74, 6) is -0.535. The summed E-state index contributed by atoms with van der Waals surface area (Å²) in [6.07, 6.45) is 3.86. The molecular formula is C28H36N4O6. The van der Waals surface area contributed by atoms with Gasteiger partial charge in [-0.1, -0.05) is 6.92 Å². The van der Waals surface area contributed by atoms with Crippen LogP contribution in [0.3, 0.4) is 0 Å². The van der Waals surface area contributed by atoms with E-state index in [9.17, 15) is 14.4 Å². The number of aromatic nitrogens is 2. The van der Waals surface area contributed by atoms with Gasteiger partial charge < -0.3 is 24.4 Å². The van der Waals surface area contributed by atoms with Crippen LogP contribution in [-0.4, -0.2) is 85.1 Å². The Morgan fingerprint density at radius 3 is 2.45 bits per heavy atom. The molecule has 1 aromatic carbocycles. The minimum Gasteiger partial charge on any atom is -0.462 e. The molecule has 3 aliphatic rings. The van der Waals surface area contributed by atoms with Crippen molar-refractivity contribution in [3.05, 3.63) is 52.3 Å². The van der Waals surface area contributed by atoms with Gasteiger partial charge in [-0.05, 0) is 55.4 Å². The molecule has 0 radical (unpaired) electrons. The molecule has 4 heterocycles. The Hall–Kier alpha value is -3.24. The zero-order chi connectivity index (χ0) is 26.5. The number of nitrogens with one attached hydrogen (secondary N) is 1. The van der Waals surface area contributed by atoms with Crippen LogP contribution in [0, 0.1) is 5.41 Å². The molecule has 204 valence electrons. The normalized spacial score (nSPS) is 19.0. The summed E-state index contributed by atoms with van der Waals surface area (Å²) in [5.41, 5.74) is 3.43. The SMILES string of the molecule is CCc1nn(CCCOC(=O)c2ccc(C(=O)N3CCOCC3)cc2)c2c1C(=O)NCC1(CCOCC1)C2. The first-order valence-corrected chi connectivity index (χ1v) is 13.6. The highest BCUT2D eigenvalue weighted by Crippen LogP contribution is 2.37. The second-order valence-electron chi connectivity index (χ2n) is 10.3. The minimum atomic E-state index is -0.426. The van der Waals surface area contributed by atoms with Crippen LogP contribution in [0.15, 0.2) is 24.3 Å². The van der Waals surface area contributed by atoms with E-state index < -0.39 is 5.97 Å². The third-order valence-electron chi connectivity index (χ3n) is 7.83. The Morgan fingerprint density at radius 1 is 1.05 bits per heavy atom. The zero-order valence-corrected chi connectivity index (χ0v) is 22.0. The topological polar surface area (TPSA) is 112 Å². The number of esters is 1. The van der Waals surface area contributed by atoms with Crippen molar-refractivity contribution in [2.45, 2.75) is 45.6 Å². The second-order valence-corrected chi connectivity index (χ2v) is 10.3. The van der Waals surface area contributed by atoms with Crippen molar-refractivity contribution in [2.75, 3.05) is 52.7 Å². The number of amides is 2. The number of aryl methyl sites for hydroxylation is 2. The van der Waals surface area contributed by atoms with Crippen molar-refractivity contribution >= 4 is 17.8 Å². The Labute approximate surface area is 222 Å². The fourth-order valence-electron chi connectivity index (χ4n) is 5.52. The third kappa shape index (κ3) is 5.61. The van der Waals surface area contributed by atoms with E-state index in [-0.39, 0.29) is 23.8 Å². The molecule has 10 heteroatoms. The van der Waals surface area contributed by atoms with Crippen LogP contribution in [0.1, 0.15) is 68.6 Å². The van der Waals surface area contributed by atoms with Crippen LogP contribution in [-0.2, 0) is 33.6 Å². The molecule has 1 spiro atoms. The number of benzene rings is 1. The lowest BCUT2D eigenvalue weighted by Gasteiger charge is -2.36. The van der Waals surface area contributed by atoms with E-state index in [1.807, 2.05) is 11.6 Å². The van der Waals surface area contributed by atoms with Crippen LogP contribution in [0.4, 0.5) is 0 Å². The van der Waals surface area contributed by atoms with Crippen LogP contribution in [0.5, 0.6) is 0 Å². The van der Waals surface area contributed by atoms with Crippen molar-refractivity contribution in [3.63, 3.8) is 0 Å². The van der Waals surface area contributed by atoms with Gasteiger partial charge in [0.05, 0.1) is 42.3 Å². The number of fused-ring (bicyclic) bond motifs is 1. The summed E-state index contributed by atoms with van der Waals surface area (Å²) in [5, 5.41) is 7.89. The Morgan fingerprint density at radius 2 is 1.74 bits per heavy atom. The number of carbonyl (C=O) groups excluding carboxylic acids is 3. The summed E-state index contributed by atoms with van der Waals surface area (Å²) in [4.78, 5) is 39.9. The summed E-state index contributed by atoms with van der Waals surface area (Å²) in [7, 11) is 0. The van der Waals surface area contributed by atoms with E-state index in [2.05, 4.69) is 5.32 Å². The number of nitrogens with zero attached hydrogens (tertiary/aromatic N) is 3. The van der Waals surface area contributed by atoms with Gasteiger partial charge in [-0.25, -0.2) is 4.79 Å². The molecule has 0 saturated carbocycles. The highest BCUT2D eigenvalue weighted by atomic mass is 16.5. The van der Waals surface area contributed by atoms with Gasteiger partial charge in [0.15, 0.2) is 0 Å². The molecule has 2 aromatic rings. The maximum atomic E-state index is 13.0. The fraction of sp³-hybridized carbons (Fsp3) is 0.571. The second kappa shape index (κ2) is 11.7. The number of carbonyl (C=O) groups is 3. The molecule has 3 aliphatic heterocycles. The standard InChI is InChI=1S/C28H36N4O6/c1-2-22-24-23(18-28(19-29-25(24)33)8-14-36-15-9-28)32(30-22)10-3-13-38-27(35)21-6-4-20(5-7-21)26(34)31-11-16-37-17-12-31/h4-7H,2-3,8-19H2,1H3,(H,29,33). The van der Waals surface area contributed by atoms with E-state index in [1.165, 1.54) is 0 Å². The lowest BCUT2D eigenvalue weighted by atomic mass is 9.76. The maximum Gasteiger partial charge on any atom is 0.338 e. The highest BCUT2D eigenvalue weighted by Gasteiger charge is 2.39. The monoisotopic (exact) mass is 524 g/mol. The van der Waals surface area contributed by atoms with Gasteiger partial charge in [0, 0.05) is 51.4 Å². The van der Waals surface area contributed by atoms with Crippen LogP contribution < -0.4 is 5.32 Å². The third-order valence-corrected chi connectivity index (χ3v) is 7.83. The van der Waals surface area contributed by atoms with Crippen LogP contribution in [0.2, 0.25) is 0 Å². The molecule has 2 amide bonds. The van der Waals surface area contributed by atoms with E-state index in [0.717, 1.165) is 30.7 Å². The molecule has 2 fully saturated rings. The average molecular weight is 525 g/mol. The van der Waals surface area contributed by atoms with Crippen molar-refractivity contribution < 1.29 is 28.6 Å². The molecular weight excluding hydrogens is 488 g/mol. The van der Waals surface area contributed by atoms with E-state index in [0.29, 0.717) is 82.1 Å². The molecule has 38 heavy (non-hydrogen) atoms. The van der Waals surface area contributed by atoms with Gasteiger partial charge in [0.2, 0.25) is 0 Å². The molecule has 2 saturated heterocycles. The maximum absolute atomic E-state index is 13.0. The molecule has 5 rings (SSSR count). The molecule has 0 atom stereocenters. The first-order chi connectivity index (χ1) is 18.5. The van der Waals surface area contributed by atoms with E-state index in [1.54, 1.807) is 29.2 Å². The lowest BCUT2D eigenvalue weighted by Crippen LogP contribution is -2.40. The zero-order valence-electron chi connectivity index (χ0n) is 22.0. The average Bonchev–Trinajstić information content (AvgIpc) is 3.24. The van der Waals surface area contributed by atoms with E-state index in [4.69, 9.17) is 19.3 Å². The van der Waals surface area contributed by atoms with Gasteiger partial charge in [-0.15, -0.1) is 0 Å². The Kier molecular flexibility index (Phi) is 8.09.